The first kappa shape index (κ1) is 20.5. The summed E-state index contributed by atoms with van der Waals surface area (Å²) in [6.45, 7) is 0.212. The molecule has 4 N–H and O–H groups in total. The van der Waals surface area contributed by atoms with Crippen molar-refractivity contribution in [2.45, 2.75) is 51.0 Å². The minimum absolute atomic E-state index is 0.0649. The van der Waals surface area contributed by atoms with E-state index in [2.05, 4.69) is 16.0 Å². The third-order valence-corrected chi connectivity index (χ3v) is 4.29. The maximum Gasteiger partial charge on any atom is 0.315 e. The highest BCUT2D eigenvalue weighted by Gasteiger charge is 2.15. The first-order chi connectivity index (χ1) is 13.0. The van der Waals surface area contributed by atoms with Gasteiger partial charge in [0.2, 0.25) is 5.91 Å². The number of hydrogen-bond acceptors (Lipinski definition) is 4. The van der Waals surface area contributed by atoms with Crippen LogP contribution < -0.4 is 20.7 Å². The maximum absolute atomic E-state index is 11.9. The zero-order chi connectivity index (χ0) is 19.5. The van der Waals surface area contributed by atoms with Crippen LogP contribution in [0, 0.1) is 0 Å². The van der Waals surface area contributed by atoms with Gasteiger partial charge in [-0.3, -0.25) is 9.59 Å². The Bertz CT molecular complexity index is 627. The lowest BCUT2D eigenvalue weighted by molar-refractivity contribution is -0.137. The van der Waals surface area contributed by atoms with Crippen LogP contribution in [0.15, 0.2) is 24.3 Å². The molecule has 1 aromatic rings. The Morgan fingerprint density at radius 2 is 1.78 bits per heavy atom. The second-order valence-corrected chi connectivity index (χ2v) is 6.58. The van der Waals surface area contributed by atoms with Crippen molar-refractivity contribution in [1.29, 1.82) is 0 Å². The summed E-state index contributed by atoms with van der Waals surface area (Å²) in [5.41, 5.74) is 0.590. The first-order valence-electron chi connectivity index (χ1n) is 9.32. The van der Waals surface area contributed by atoms with Crippen molar-refractivity contribution in [2.75, 3.05) is 18.5 Å². The predicted molar refractivity (Wildman–Crippen MR) is 101 cm³/mol. The number of aliphatic carboxylic acids is 1. The number of carboxylic acids is 1. The number of carbonyl (C=O) groups excluding carboxylic acids is 2. The molecule has 8 nitrogen and oxygen atoms in total. The van der Waals surface area contributed by atoms with E-state index >= 15 is 0 Å². The summed E-state index contributed by atoms with van der Waals surface area (Å²) in [6, 6.07) is 6.64. The molecule has 3 amide bonds. The number of urea groups is 1. The molecule has 0 bridgehead atoms. The number of anilines is 1. The molecule has 1 aliphatic carbocycles. The van der Waals surface area contributed by atoms with Gasteiger partial charge < -0.3 is 25.8 Å². The van der Waals surface area contributed by atoms with E-state index in [0.29, 0.717) is 24.5 Å². The topological polar surface area (TPSA) is 117 Å². The van der Waals surface area contributed by atoms with Gasteiger partial charge in [-0.1, -0.05) is 19.3 Å². The Hall–Kier alpha value is -2.77. The first-order valence-corrected chi connectivity index (χ1v) is 9.32. The van der Waals surface area contributed by atoms with Crippen LogP contribution in [0.4, 0.5) is 10.5 Å². The highest BCUT2D eigenvalue weighted by atomic mass is 16.5. The number of carbonyl (C=O) groups is 3. The van der Waals surface area contributed by atoms with Crippen LogP contribution >= 0.6 is 0 Å². The lowest BCUT2D eigenvalue weighted by Gasteiger charge is -2.22. The average Bonchev–Trinajstić information content (AvgIpc) is 2.65. The largest absolute Gasteiger partial charge is 0.494 e. The molecule has 0 radical (unpaired) electrons. The molecule has 0 unspecified atom stereocenters. The summed E-state index contributed by atoms with van der Waals surface area (Å²) in [6.07, 6.45) is 5.95. The fourth-order valence-corrected chi connectivity index (χ4v) is 2.90. The summed E-state index contributed by atoms with van der Waals surface area (Å²) in [5, 5.41) is 16.7. The van der Waals surface area contributed by atoms with Gasteiger partial charge in [-0.2, -0.15) is 0 Å². The zero-order valence-corrected chi connectivity index (χ0v) is 15.3. The highest BCUT2D eigenvalue weighted by molar-refractivity contribution is 5.94. The van der Waals surface area contributed by atoms with Crippen LogP contribution in [-0.4, -0.2) is 42.2 Å². The highest BCUT2D eigenvalue weighted by Crippen LogP contribution is 2.17. The summed E-state index contributed by atoms with van der Waals surface area (Å²) in [5.74, 6) is -0.565. The molecular weight excluding hydrogens is 350 g/mol. The molecule has 8 heteroatoms. The molecule has 1 aromatic carbocycles. The van der Waals surface area contributed by atoms with E-state index in [9.17, 15) is 14.4 Å². The molecule has 1 fully saturated rings. The number of ether oxygens (including phenoxy) is 1. The second kappa shape index (κ2) is 11.1. The fraction of sp³-hybridized carbons (Fsp3) is 0.526. The number of amides is 3. The maximum atomic E-state index is 11.9. The Morgan fingerprint density at radius 1 is 1.07 bits per heavy atom. The second-order valence-electron chi connectivity index (χ2n) is 6.58. The molecule has 0 aliphatic heterocycles. The van der Waals surface area contributed by atoms with Gasteiger partial charge in [-0.25, -0.2) is 4.79 Å². The zero-order valence-electron chi connectivity index (χ0n) is 15.3. The molecule has 0 heterocycles. The molecular formula is C19H27N3O5. The van der Waals surface area contributed by atoms with Crippen molar-refractivity contribution in [1.82, 2.24) is 10.6 Å². The van der Waals surface area contributed by atoms with Gasteiger partial charge in [0.1, 0.15) is 5.75 Å². The van der Waals surface area contributed by atoms with E-state index in [1.54, 1.807) is 24.3 Å². The van der Waals surface area contributed by atoms with E-state index in [1.165, 1.54) is 6.42 Å². The van der Waals surface area contributed by atoms with Crippen LogP contribution in [0.5, 0.6) is 5.75 Å². The lowest BCUT2D eigenvalue weighted by Crippen LogP contribution is -2.45. The van der Waals surface area contributed by atoms with Gasteiger partial charge in [-0.05, 0) is 43.5 Å². The fourth-order valence-electron chi connectivity index (χ4n) is 2.90. The number of carboxylic acid groups (broad SMARTS) is 1. The van der Waals surface area contributed by atoms with Crippen molar-refractivity contribution < 1.29 is 24.2 Å². The summed E-state index contributed by atoms with van der Waals surface area (Å²) in [4.78, 5) is 34.2. The Balaban J connectivity index is 1.64. The molecule has 27 heavy (non-hydrogen) atoms. The van der Waals surface area contributed by atoms with Gasteiger partial charge >= 0.3 is 12.0 Å². The van der Waals surface area contributed by atoms with Gasteiger partial charge in [0.25, 0.3) is 0 Å². The molecule has 1 aliphatic rings. The van der Waals surface area contributed by atoms with Crippen LogP contribution in [0.25, 0.3) is 0 Å². The third-order valence-electron chi connectivity index (χ3n) is 4.29. The minimum Gasteiger partial charge on any atom is -0.494 e. The van der Waals surface area contributed by atoms with E-state index in [-0.39, 0.29) is 30.9 Å². The van der Waals surface area contributed by atoms with Crippen molar-refractivity contribution in [3.8, 4) is 5.75 Å². The third kappa shape index (κ3) is 8.44. The summed E-state index contributed by atoms with van der Waals surface area (Å²) < 4.78 is 5.43. The SMILES string of the molecule is O=C(O)CCCOc1ccc(NC(=O)CNC(=O)NC2CCCCC2)cc1. The van der Waals surface area contributed by atoms with Crippen molar-refractivity contribution in [3.63, 3.8) is 0 Å². The Labute approximate surface area is 158 Å². The van der Waals surface area contributed by atoms with E-state index < -0.39 is 5.97 Å². The minimum atomic E-state index is -0.849. The normalized spacial score (nSPS) is 14.2. The molecule has 148 valence electrons. The average molecular weight is 377 g/mol. The van der Waals surface area contributed by atoms with Crippen molar-refractivity contribution in [2.24, 2.45) is 0 Å². The Morgan fingerprint density at radius 3 is 2.44 bits per heavy atom. The van der Waals surface area contributed by atoms with E-state index in [0.717, 1.165) is 25.7 Å². The quantitative estimate of drug-likeness (QED) is 0.493. The number of nitrogens with one attached hydrogen (secondary N) is 3. The molecule has 0 atom stereocenters. The van der Waals surface area contributed by atoms with Gasteiger partial charge in [0.05, 0.1) is 13.2 Å². The van der Waals surface area contributed by atoms with Gasteiger partial charge in [0, 0.05) is 18.2 Å². The molecule has 0 aromatic heterocycles. The molecule has 0 spiro atoms. The predicted octanol–water partition coefficient (Wildman–Crippen LogP) is 2.50. The number of rotatable bonds is 9. The monoisotopic (exact) mass is 377 g/mol. The molecule has 1 saturated carbocycles. The summed E-state index contributed by atoms with van der Waals surface area (Å²) >= 11 is 0. The summed E-state index contributed by atoms with van der Waals surface area (Å²) in [7, 11) is 0. The smallest absolute Gasteiger partial charge is 0.315 e. The Kier molecular flexibility index (Phi) is 8.41. The van der Waals surface area contributed by atoms with Gasteiger partial charge in [0.15, 0.2) is 0 Å². The van der Waals surface area contributed by atoms with E-state index in [4.69, 9.17) is 9.84 Å². The van der Waals surface area contributed by atoms with Crippen molar-refractivity contribution >= 4 is 23.6 Å². The lowest BCUT2D eigenvalue weighted by atomic mass is 9.96. The van der Waals surface area contributed by atoms with Gasteiger partial charge in [-0.15, -0.1) is 0 Å². The van der Waals surface area contributed by atoms with Crippen LogP contribution in [0.3, 0.4) is 0 Å². The van der Waals surface area contributed by atoms with Crippen molar-refractivity contribution in [3.05, 3.63) is 24.3 Å². The van der Waals surface area contributed by atoms with Crippen LogP contribution in [-0.2, 0) is 9.59 Å². The molecule has 2 rings (SSSR count). The number of benzene rings is 1. The van der Waals surface area contributed by atoms with Crippen LogP contribution in [0.2, 0.25) is 0 Å². The molecule has 0 saturated heterocycles. The van der Waals surface area contributed by atoms with Crippen LogP contribution in [0.1, 0.15) is 44.9 Å². The van der Waals surface area contributed by atoms with E-state index in [1.807, 2.05) is 0 Å². The standard InChI is InChI=1S/C19H27N3O5/c23-17(13-20-19(26)22-14-5-2-1-3-6-14)21-15-8-10-16(11-9-15)27-12-4-7-18(24)25/h8-11,14H,1-7,12-13H2,(H,21,23)(H,24,25)(H2,20,22,26). The number of hydrogen-bond donors (Lipinski definition) is 4.